The lowest BCUT2D eigenvalue weighted by atomic mass is 10.2. The number of sulfonamides is 1. The lowest BCUT2D eigenvalue weighted by Crippen LogP contribution is -2.37. The maximum absolute atomic E-state index is 12.9. The van der Waals surface area contributed by atoms with Crippen LogP contribution in [0.25, 0.3) is 0 Å². The van der Waals surface area contributed by atoms with Gasteiger partial charge in [0.05, 0.1) is 15.8 Å². The van der Waals surface area contributed by atoms with E-state index in [1.807, 2.05) is 25.1 Å². The van der Waals surface area contributed by atoms with Gasteiger partial charge >= 0.3 is 0 Å². The Morgan fingerprint density at radius 2 is 1.67 bits per heavy atom. The van der Waals surface area contributed by atoms with Gasteiger partial charge in [-0.15, -0.1) is 0 Å². The summed E-state index contributed by atoms with van der Waals surface area (Å²) in [6.07, 6.45) is 0. The van der Waals surface area contributed by atoms with Crippen LogP contribution in [-0.4, -0.2) is 29.0 Å². The quantitative estimate of drug-likeness (QED) is 0.842. The molecule has 0 unspecified atom stereocenters. The average Bonchev–Trinajstić information content (AvgIpc) is 2.83. The third-order valence-electron chi connectivity index (χ3n) is 3.54. The maximum Gasteiger partial charge on any atom is 0.272 e. The number of hydrogen-bond acceptors (Lipinski definition) is 5. The van der Waals surface area contributed by atoms with Crippen LogP contribution in [0.15, 0.2) is 64.5 Å². The van der Waals surface area contributed by atoms with Crippen LogP contribution in [0, 0.1) is 6.92 Å². The fourth-order valence-electron chi connectivity index (χ4n) is 2.24. The summed E-state index contributed by atoms with van der Waals surface area (Å²) in [5.41, 5.74) is 1.55. The van der Waals surface area contributed by atoms with Crippen molar-refractivity contribution < 1.29 is 13.2 Å². The van der Waals surface area contributed by atoms with Crippen LogP contribution in [0.1, 0.15) is 12.5 Å². The molecule has 7 heteroatoms. The van der Waals surface area contributed by atoms with E-state index in [1.165, 1.54) is 12.1 Å². The standard InChI is InChI=1S/C17H16N2O3S2/c1-12-8-10-15(11-9-12)24(21,22)19-16(20)13(2)23-17(19)18-14-6-4-3-5-7-14/h3-11,13H,1-2H3/t13-/m0/s1. The van der Waals surface area contributed by atoms with Crippen molar-refractivity contribution in [3.63, 3.8) is 0 Å². The summed E-state index contributed by atoms with van der Waals surface area (Å²) in [5.74, 6) is -0.477. The number of amides is 1. The molecule has 1 amide bonds. The van der Waals surface area contributed by atoms with E-state index in [-0.39, 0.29) is 10.1 Å². The predicted octanol–water partition coefficient (Wildman–Crippen LogP) is 3.34. The van der Waals surface area contributed by atoms with Crippen LogP contribution in [0.2, 0.25) is 0 Å². The molecule has 0 aromatic heterocycles. The first-order chi connectivity index (χ1) is 11.4. The molecule has 3 rings (SSSR count). The van der Waals surface area contributed by atoms with Gasteiger partial charge in [-0.25, -0.2) is 13.4 Å². The van der Waals surface area contributed by atoms with Crippen molar-refractivity contribution >= 4 is 38.5 Å². The van der Waals surface area contributed by atoms with Gasteiger partial charge in [-0.05, 0) is 38.1 Å². The first-order valence-electron chi connectivity index (χ1n) is 7.36. The van der Waals surface area contributed by atoms with Gasteiger partial charge in [0.25, 0.3) is 15.9 Å². The summed E-state index contributed by atoms with van der Waals surface area (Å²) in [5, 5.41) is -0.313. The Kier molecular flexibility index (Phi) is 4.47. The molecule has 0 aliphatic carbocycles. The van der Waals surface area contributed by atoms with Gasteiger partial charge in [-0.1, -0.05) is 47.7 Å². The Morgan fingerprint density at radius 3 is 2.29 bits per heavy atom. The number of nitrogens with zero attached hydrogens (tertiary/aromatic N) is 2. The number of rotatable bonds is 3. The molecule has 1 saturated heterocycles. The van der Waals surface area contributed by atoms with E-state index >= 15 is 0 Å². The smallest absolute Gasteiger partial charge is 0.272 e. The van der Waals surface area contributed by atoms with Crippen LogP contribution in [0.4, 0.5) is 5.69 Å². The average molecular weight is 360 g/mol. The Balaban J connectivity index is 2.07. The van der Waals surface area contributed by atoms with Crippen molar-refractivity contribution in [2.45, 2.75) is 24.0 Å². The third kappa shape index (κ3) is 3.09. The number of para-hydroxylation sites is 1. The lowest BCUT2D eigenvalue weighted by molar-refractivity contribution is -0.122. The first kappa shape index (κ1) is 16.7. The number of hydrogen-bond donors (Lipinski definition) is 0. The van der Waals surface area contributed by atoms with E-state index in [4.69, 9.17) is 0 Å². The monoisotopic (exact) mass is 360 g/mol. The number of aliphatic imine (C=N–C) groups is 1. The fourth-order valence-corrected chi connectivity index (χ4v) is 4.93. The minimum Gasteiger partial charge on any atom is -0.272 e. The lowest BCUT2D eigenvalue weighted by Gasteiger charge is -2.16. The van der Waals surface area contributed by atoms with E-state index in [9.17, 15) is 13.2 Å². The van der Waals surface area contributed by atoms with E-state index in [0.29, 0.717) is 5.69 Å². The zero-order chi connectivity index (χ0) is 17.3. The molecule has 1 aliphatic rings. The van der Waals surface area contributed by atoms with Gasteiger partial charge < -0.3 is 0 Å². The van der Waals surface area contributed by atoms with E-state index in [1.54, 1.807) is 31.2 Å². The van der Waals surface area contributed by atoms with Gasteiger partial charge in [-0.3, -0.25) is 4.79 Å². The van der Waals surface area contributed by atoms with E-state index in [2.05, 4.69) is 4.99 Å². The second kappa shape index (κ2) is 6.41. The Labute approximate surface area is 145 Å². The number of carbonyl (C=O) groups is 1. The van der Waals surface area contributed by atoms with Crippen molar-refractivity contribution in [2.75, 3.05) is 0 Å². The maximum atomic E-state index is 12.9. The minimum atomic E-state index is -3.97. The number of benzene rings is 2. The summed E-state index contributed by atoms with van der Waals surface area (Å²) >= 11 is 1.15. The van der Waals surface area contributed by atoms with Crippen LogP contribution in [0.3, 0.4) is 0 Å². The summed E-state index contributed by atoms with van der Waals surface area (Å²) < 4.78 is 26.6. The van der Waals surface area contributed by atoms with E-state index in [0.717, 1.165) is 21.6 Å². The first-order valence-corrected chi connectivity index (χ1v) is 9.68. The van der Waals surface area contributed by atoms with Crippen molar-refractivity contribution in [1.29, 1.82) is 0 Å². The highest BCUT2D eigenvalue weighted by Gasteiger charge is 2.43. The van der Waals surface area contributed by atoms with Crippen molar-refractivity contribution in [1.82, 2.24) is 4.31 Å². The summed E-state index contributed by atoms with van der Waals surface area (Å²) in [4.78, 5) is 16.9. The molecular weight excluding hydrogens is 344 g/mol. The highest BCUT2D eigenvalue weighted by atomic mass is 32.2. The van der Waals surface area contributed by atoms with Gasteiger partial charge in [0, 0.05) is 0 Å². The molecule has 124 valence electrons. The normalized spacial score (nSPS) is 19.9. The number of amidine groups is 1. The van der Waals surface area contributed by atoms with Crippen LogP contribution in [0.5, 0.6) is 0 Å². The largest absolute Gasteiger partial charge is 0.272 e. The van der Waals surface area contributed by atoms with Crippen LogP contribution < -0.4 is 0 Å². The Hall–Kier alpha value is -2.12. The Morgan fingerprint density at radius 1 is 1.04 bits per heavy atom. The van der Waals surface area contributed by atoms with Gasteiger partial charge in [-0.2, -0.15) is 4.31 Å². The van der Waals surface area contributed by atoms with Gasteiger partial charge in [0.15, 0.2) is 5.17 Å². The fraction of sp³-hybridized carbons (Fsp3) is 0.176. The molecule has 0 radical (unpaired) electrons. The molecule has 0 N–H and O–H groups in total. The van der Waals surface area contributed by atoms with Crippen molar-refractivity contribution in [3.8, 4) is 0 Å². The number of carbonyl (C=O) groups excluding carboxylic acids is 1. The topological polar surface area (TPSA) is 66.8 Å². The number of thioether (sulfide) groups is 1. The van der Waals surface area contributed by atoms with Gasteiger partial charge in [0.1, 0.15) is 0 Å². The summed E-state index contributed by atoms with van der Waals surface area (Å²) in [6.45, 7) is 3.55. The van der Waals surface area contributed by atoms with Crippen molar-refractivity contribution in [2.24, 2.45) is 4.99 Å². The molecule has 24 heavy (non-hydrogen) atoms. The van der Waals surface area contributed by atoms with Crippen LogP contribution in [-0.2, 0) is 14.8 Å². The molecule has 0 saturated carbocycles. The third-order valence-corrected chi connectivity index (χ3v) is 6.40. The van der Waals surface area contributed by atoms with Crippen LogP contribution >= 0.6 is 11.8 Å². The predicted molar refractivity (Wildman–Crippen MR) is 95.8 cm³/mol. The zero-order valence-corrected chi connectivity index (χ0v) is 14.8. The molecule has 5 nitrogen and oxygen atoms in total. The highest BCUT2D eigenvalue weighted by Crippen LogP contribution is 2.33. The molecule has 0 spiro atoms. The summed E-state index contributed by atoms with van der Waals surface area (Å²) in [6, 6.07) is 15.4. The molecule has 2 aromatic carbocycles. The zero-order valence-electron chi connectivity index (χ0n) is 13.2. The second-order valence-corrected chi connectivity index (χ2v) is 8.51. The second-order valence-electron chi connectivity index (χ2n) is 5.41. The SMILES string of the molecule is Cc1ccc(S(=O)(=O)N2C(=O)[C@H](C)SC2=Nc2ccccc2)cc1. The molecule has 0 bridgehead atoms. The Bertz CT molecular complexity index is 891. The minimum absolute atomic E-state index is 0.0805. The van der Waals surface area contributed by atoms with E-state index < -0.39 is 21.2 Å². The molecular formula is C17H16N2O3S2. The number of aryl methyl sites for hydroxylation is 1. The molecule has 1 heterocycles. The van der Waals surface area contributed by atoms with Crippen molar-refractivity contribution in [3.05, 3.63) is 60.2 Å². The van der Waals surface area contributed by atoms with Gasteiger partial charge in [0.2, 0.25) is 0 Å². The highest BCUT2D eigenvalue weighted by molar-refractivity contribution is 8.17. The summed E-state index contributed by atoms with van der Waals surface area (Å²) in [7, 11) is -3.97. The molecule has 1 atom stereocenters. The molecule has 1 fully saturated rings. The molecule has 2 aromatic rings. The molecule has 1 aliphatic heterocycles.